The Morgan fingerprint density at radius 3 is 1.96 bits per heavy atom. The van der Waals surface area contributed by atoms with Crippen LogP contribution in [0.25, 0.3) is 0 Å². The molecule has 0 aliphatic heterocycles. The number of nitrogens with one attached hydrogen (secondary N) is 5. The summed E-state index contributed by atoms with van der Waals surface area (Å²) in [6.07, 6.45) is 18.1. The van der Waals surface area contributed by atoms with Gasteiger partial charge >= 0.3 is 12.1 Å². The Hall–Kier alpha value is -8.60. The van der Waals surface area contributed by atoms with Gasteiger partial charge in [-0.25, -0.2) is 9.59 Å². The third-order valence-corrected chi connectivity index (χ3v) is 22.7. The Morgan fingerprint density at radius 1 is 0.624 bits per heavy atom. The predicted molar refractivity (Wildman–Crippen MR) is 395 cm³/mol. The van der Waals surface area contributed by atoms with E-state index in [1.807, 2.05) is 78.9 Å². The summed E-state index contributed by atoms with van der Waals surface area (Å²) < 4.78 is 22.6. The van der Waals surface area contributed by atoms with Crippen LogP contribution < -0.4 is 36.1 Å². The van der Waals surface area contributed by atoms with Gasteiger partial charge in [0.2, 0.25) is 23.6 Å². The minimum Gasteiger partial charge on any atom is -0.497 e. The fourth-order valence-electron chi connectivity index (χ4n) is 17.4. The van der Waals surface area contributed by atoms with Crippen molar-refractivity contribution in [2.75, 3.05) is 32.1 Å². The molecule has 4 aliphatic carbocycles. The number of aromatic carboxylic acids is 1. The van der Waals surface area contributed by atoms with Crippen LogP contribution in [0.2, 0.25) is 0 Å². The first-order valence-corrected chi connectivity index (χ1v) is 37.1. The van der Waals surface area contributed by atoms with E-state index in [9.17, 15) is 33.9 Å². The zero-order chi connectivity index (χ0) is 71.4. The first-order chi connectivity index (χ1) is 48.8. The normalized spacial score (nSPS) is 21.6. The summed E-state index contributed by atoms with van der Waals surface area (Å²) in [5.41, 5.74) is 6.66. The number of hydrogen-bond acceptors (Lipinski definition) is 11. The predicted octanol–water partition coefficient (Wildman–Crippen LogP) is 16.1. The van der Waals surface area contributed by atoms with E-state index in [0.29, 0.717) is 62.0 Å². The second-order valence-electron chi connectivity index (χ2n) is 29.8. The third-order valence-electron chi connectivity index (χ3n) is 22.7. The minimum atomic E-state index is -1.11. The van der Waals surface area contributed by atoms with E-state index in [1.54, 1.807) is 36.9 Å². The number of allylic oxidation sites excluding steroid dienone is 1. The zero-order valence-electron chi connectivity index (χ0n) is 60.2. The van der Waals surface area contributed by atoms with Crippen molar-refractivity contribution < 1.29 is 52.8 Å². The largest absolute Gasteiger partial charge is 0.514 e. The number of benzene rings is 6. The molecular formula is C85H107N5O11. The van der Waals surface area contributed by atoms with E-state index in [4.69, 9.17) is 18.9 Å². The van der Waals surface area contributed by atoms with E-state index in [-0.39, 0.29) is 66.9 Å². The molecule has 101 heavy (non-hydrogen) atoms. The molecule has 0 bridgehead atoms. The Balaban J connectivity index is 0.722. The highest BCUT2D eigenvalue weighted by atomic mass is 16.7. The van der Waals surface area contributed by atoms with Crippen molar-refractivity contribution in [1.29, 1.82) is 0 Å². The highest BCUT2D eigenvalue weighted by molar-refractivity contribution is 5.97. The van der Waals surface area contributed by atoms with Crippen molar-refractivity contribution in [1.82, 2.24) is 21.3 Å². The van der Waals surface area contributed by atoms with Gasteiger partial charge in [0, 0.05) is 44.1 Å². The molecule has 16 heteroatoms. The second kappa shape index (κ2) is 35.8. The van der Waals surface area contributed by atoms with Crippen molar-refractivity contribution in [3.8, 4) is 11.5 Å². The molecule has 538 valence electrons. The number of methoxy groups -OCH3 is 1. The molecule has 0 radical (unpaired) electrons. The van der Waals surface area contributed by atoms with Crippen LogP contribution in [-0.4, -0.2) is 85.9 Å². The molecule has 6 aromatic carbocycles. The van der Waals surface area contributed by atoms with Crippen molar-refractivity contribution in [2.24, 2.45) is 46.3 Å². The number of carbonyl (C=O) groups is 6. The van der Waals surface area contributed by atoms with Crippen LogP contribution >= 0.6 is 0 Å². The number of rotatable bonds is 35. The lowest BCUT2D eigenvalue weighted by atomic mass is 9.47. The van der Waals surface area contributed by atoms with Crippen LogP contribution in [0.4, 0.5) is 10.5 Å². The number of hydrogen-bond donors (Lipinski definition) is 6. The number of unbranched alkanes of at least 4 members (excludes halogenated alkanes) is 1. The number of carboxylic acids is 1. The molecule has 10 atom stereocenters. The van der Waals surface area contributed by atoms with Crippen molar-refractivity contribution >= 4 is 41.4 Å². The highest BCUT2D eigenvalue weighted by Crippen LogP contribution is 2.67. The summed E-state index contributed by atoms with van der Waals surface area (Å²) in [7, 11) is 1.65. The smallest absolute Gasteiger partial charge is 0.497 e. The Labute approximate surface area is 598 Å². The highest BCUT2D eigenvalue weighted by Gasteiger charge is 2.59. The molecular weight excluding hydrogens is 1270 g/mol. The zero-order valence-corrected chi connectivity index (χ0v) is 60.2. The molecule has 0 unspecified atom stereocenters. The number of carboxylic acid groups (broad SMARTS) is 1. The summed E-state index contributed by atoms with van der Waals surface area (Å²) in [4.78, 5) is 79.7. The Morgan fingerprint density at radius 2 is 1.29 bits per heavy atom. The average Bonchev–Trinajstić information content (AvgIpc) is 1.69. The fourth-order valence-corrected chi connectivity index (χ4v) is 17.4. The maximum Gasteiger partial charge on any atom is 0.514 e. The van der Waals surface area contributed by atoms with Crippen LogP contribution in [0, 0.1) is 46.3 Å². The molecule has 4 aliphatic rings. The second-order valence-corrected chi connectivity index (χ2v) is 29.8. The Kier molecular flexibility index (Phi) is 26.6. The van der Waals surface area contributed by atoms with Crippen molar-refractivity contribution in [2.45, 2.75) is 187 Å². The molecule has 4 amide bonds. The summed E-state index contributed by atoms with van der Waals surface area (Å²) in [5, 5.41) is 25.2. The molecule has 16 nitrogen and oxygen atoms in total. The molecule has 0 spiro atoms. The maximum absolute atomic E-state index is 14.5. The van der Waals surface area contributed by atoms with Crippen LogP contribution in [0.5, 0.6) is 11.5 Å². The lowest BCUT2D eigenvalue weighted by Crippen LogP contribution is -2.51. The first-order valence-electron chi connectivity index (χ1n) is 37.1. The van der Waals surface area contributed by atoms with Gasteiger partial charge in [0.15, 0.2) is 0 Å². The van der Waals surface area contributed by atoms with E-state index >= 15 is 0 Å². The maximum atomic E-state index is 14.5. The van der Waals surface area contributed by atoms with E-state index in [2.05, 4.69) is 104 Å². The molecule has 10 rings (SSSR count). The van der Waals surface area contributed by atoms with Gasteiger partial charge in [-0.3, -0.25) is 24.5 Å². The van der Waals surface area contributed by atoms with Gasteiger partial charge in [-0.15, -0.1) is 0 Å². The number of fused-ring (bicyclic) bond motifs is 5. The van der Waals surface area contributed by atoms with Crippen molar-refractivity contribution in [3.63, 3.8) is 0 Å². The topological polar surface area (TPSA) is 220 Å². The quantitative estimate of drug-likeness (QED) is 0.00720. The van der Waals surface area contributed by atoms with Gasteiger partial charge in [-0.2, -0.15) is 0 Å². The van der Waals surface area contributed by atoms with Gasteiger partial charge < -0.3 is 45.3 Å². The monoisotopic (exact) mass is 1370 g/mol. The fraction of sp³-hybridized carbons (Fsp3) is 0.482. The summed E-state index contributed by atoms with van der Waals surface area (Å²) in [6.45, 7) is 13.9. The minimum absolute atomic E-state index is 0.0194. The standard InChI is InChI=1S/C85H107N5O11/c1-58(2)20-18-21-59(3)73-43-44-74-72-42-35-66-55-71(47-49-83(66,4)75(72)48-50-84(73,74)5)99-53-19-51-86-77(91)45-46-78(92)88-68(54-60-22-10-7-11-23-60)56-79(93)90-76(80(94)89-67-36-29-61(30-37-67)57-100-82(97)101-70-38-31-62(32-39-70)81(95)96)28-16-17-52-87-85(63-24-12-8-13-25-63,64-26-14-9-15-27-64)65-33-40-69(98-6)41-34-65/h7-15,22-27,29-41,58-59,68,71-76,87H,16-21,28,42-57H2,1-6H3,(H,86,91)(H,88,92)(H,89,94)(H,90,93)(H,95,96)/t59-,68+,71+,72+,73-,74+,75+,76+,83+,84-/m1/s1. The molecule has 6 aromatic rings. The van der Waals surface area contributed by atoms with E-state index < -0.39 is 41.6 Å². The number of ether oxygens (including phenoxy) is 4. The summed E-state index contributed by atoms with van der Waals surface area (Å²) in [5.74, 6) is 3.11. The van der Waals surface area contributed by atoms with Gasteiger partial charge in [-0.1, -0.05) is 181 Å². The molecule has 3 saturated carbocycles. The third kappa shape index (κ3) is 19.7. The number of carbonyl (C=O) groups excluding carboxylic acids is 5. The van der Waals surface area contributed by atoms with Crippen LogP contribution in [0.15, 0.2) is 175 Å². The molecule has 3 fully saturated rings. The summed E-state index contributed by atoms with van der Waals surface area (Å²) in [6, 6.07) is 48.5. The van der Waals surface area contributed by atoms with Gasteiger partial charge in [-0.05, 0) is 213 Å². The summed E-state index contributed by atoms with van der Waals surface area (Å²) >= 11 is 0. The average molecular weight is 1370 g/mol. The lowest BCUT2D eigenvalue weighted by Gasteiger charge is -2.58. The van der Waals surface area contributed by atoms with Crippen LogP contribution in [0.1, 0.15) is 188 Å². The molecule has 0 aromatic heterocycles. The number of amides is 4. The van der Waals surface area contributed by atoms with Gasteiger partial charge in [0.1, 0.15) is 24.1 Å². The van der Waals surface area contributed by atoms with Gasteiger partial charge in [0.05, 0.1) is 24.3 Å². The van der Waals surface area contributed by atoms with E-state index in [0.717, 1.165) is 76.4 Å². The van der Waals surface area contributed by atoms with Crippen LogP contribution in [-0.2, 0) is 47.2 Å². The van der Waals surface area contributed by atoms with E-state index in [1.165, 1.54) is 82.1 Å². The van der Waals surface area contributed by atoms with Crippen molar-refractivity contribution in [3.05, 3.63) is 209 Å². The lowest BCUT2D eigenvalue weighted by molar-refractivity contribution is -0.128. The Bertz CT molecular complexity index is 3660. The first kappa shape index (κ1) is 75.1. The molecule has 0 heterocycles. The van der Waals surface area contributed by atoms with Crippen LogP contribution in [0.3, 0.4) is 0 Å². The molecule has 6 N–H and O–H groups in total. The number of anilines is 1. The van der Waals surface area contributed by atoms with Gasteiger partial charge in [0.25, 0.3) is 0 Å². The molecule has 0 saturated heterocycles. The SMILES string of the molecule is COc1ccc(C(NCCCC[C@H](NC(=O)C[C@H](Cc2ccccc2)NC(=O)CCC(=O)NCCCO[C@H]2CC[C@@]3(C)C(=CC[C@H]4[C@@H]5CC[C@H]([C@H](C)CCCC(C)C)[C@@]5(C)CC[C@@H]43)C2)C(=O)Nc2ccc(COC(=O)Oc3ccc(C(=O)O)cc3)cc2)(c2ccccc2)c2ccccc2)cc1.